The van der Waals surface area contributed by atoms with Gasteiger partial charge in [0.15, 0.2) is 0 Å². The first-order valence-electron chi connectivity index (χ1n) is 6.22. The number of carbonyl (C=O) groups is 2. The SMILES string of the molecule is Cc1cnc(CNC(=O)NC(CC(=O)O)C2CC2)s1. The zero-order valence-corrected chi connectivity index (χ0v) is 11.5. The van der Waals surface area contributed by atoms with E-state index < -0.39 is 5.97 Å². The van der Waals surface area contributed by atoms with E-state index in [-0.39, 0.29) is 18.5 Å². The molecule has 0 bridgehead atoms. The number of aryl methyl sites for hydroxylation is 1. The largest absolute Gasteiger partial charge is 0.481 e. The summed E-state index contributed by atoms with van der Waals surface area (Å²) in [6, 6.07) is -0.596. The second-order valence-corrected chi connectivity index (χ2v) is 6.05. The number of rotatable bonds is 6. The molecule has 0 aliphatic heterocycles. The third-order valence-corrected chi connectivity index (χ3v) is 3.88. The highest BCUT2D eigenvalue weighted by atomic mass is 32.1. The van der Waals surface area contributed by atoms with Gasteiger partial charge in [0.1, 0.15) is 5.01 Å². The lowest BCUT2D eigenvalue weighted by Gasteiger charge is -2.16. The summed E-state index contributed by atoms with van der Waals surface area (Å²) in [7, 11) is 0. The molecular weight excluding hydrogens is 266 g/mol. The number of carboxylic acid groups (broad SMARTS) is 1. The fraction of sp³-hybridized carbons (Fsp3) is 0.583. The Labute approximate surface area is 115 Å². The normalized spacial score (nSPS) is 15.8. The van der Waals surface area contributed by atoms with Gasteiger partial charge in [-0.3, -0.25) is 4.79 Å². The molecule has 1 aromatic rings. The standard InChI is InChI=1S/C12H17N3O3S/c1-7-5-13-10(19-7)6-14-12(18)15-9(4-11(16)17)8-2-3-8/h5,8-9H,2-4,6H2,1H3,(H,16,17)(H2,14,15,18). The van der Waals surface area contributed by atoms with Crippen LogP contribution in [0.3, 0.4) is 0 Å². The molecule has 7 heteroatoms. The van der Waals surface area contributed by atoms with Gasteiger partial charge < -0.3 is 15.7 Å². The molecule has 0 saturated heterocycles. The molecule has 1 heterocycles. The quantitative estimate of drug-likeness (QED) is 0.738. The molecule has 1 unspecified atom stereocenters. The van der Waals surface area contributed by atoms with Crippen LogP contribution in [0.2, 0.25) is 0 Å². The second kappa shape index (κ2) is 6.01. The number of hydrogen-bond acceptors (Lipinski definition) is 4. The van der Waals surface area contributed by atoms with Gasteiger partial charge in [-0.15, -0.1) is 11.3 Å². The van der Waals surface area contributed by atoms with Crippen molar-refractivity contribution in [3.63, 3.8) is 0 Å². The molecule has 2 amide bonds. The Balaban J connectivity index is 1.77. The van der Waals surface area contributed by atoms with E-state index in [1.165, 1.54) is 11.3 Å². The van der Waals surface area contributed by atoms with Crippen molar-refractivity contribution in [2.45, 2.75) is 38.8 Å². The van der Waals surface area contributed by atoms with Crippen molar-refractivity contribution in [3.05, 3.63) is 16.1 Å². The van der Waals surface area contributed by atoms with E-state index in [9.17, 15) is 9.59 Å². The third kappa shape index (κ3) is 4.51. The number of nitrogens with zero attached hydrogens (tertiary/aromatic N) is 1. The Hall–Kier alpha value is -1.63. The third-order valence-electron chi connectivity index (χ3n) is 2.97. The minimum absolute atomic E-state index is 0.0194. The molecule has 1 aliphatic carbocycles. The average Bonchev–Trinajstić information content (AvgIpc) is 3.09. The molecule has 0 radical (unpaired) electrons. The lowest BCUT2D eigenvalue weighted by Crippen LogP contribution is -2.43. The highest BCUT2D eigenvalue weighted by molar-refractivity contribution is 7.11. The molecule has 0 spiro atoms. The van der Waals surface area contributed by atoms with Gasteiger partial charge in [0.25, 0.3) is 0 Å². The van der Waals surface area contributed by atoms with E-state index >= 15 is 0 Å². The summed E-state index contributed by atoms with van der Waals surface area (Å²) in [4.78, 5) is 27.7. The highest BCUT2D eigenvalue weighted by Crippen LogP contribution is 2.33. The summed E-state index contributed by atoms with van der Waals surface area (Å²) < 4.78 is 0. The van der Waals surface area contributed by atoms with E-state index in [0.29, 0.717) is 12.5 Å². The van der Waals surface area contributed by atoms with Crippen LogP contribution in [0.1, 0.15) is 29.1 Å². The minimum Gasteiger partial charge on any atom is -0.481 e. The van der Waals surface area contributed by atoms with Crippen LogP contribution in [0.25, 0.3) is 0 Å². The maximum atomic E-state index is 11.7. The van der Waals surface area contributed by atoms with Crippen LogP contribution < -0.4 is 10.6 Å². The summed E-state index contributed by atoms with van der Waals surface area (Å²) >= 11 is 1.53. The van der Waals surface area contributed by atoms with Crippen LogP contribution in [0.4, 0.5) is 4.79 Å². The first-order valence-corrected chi connectivity index (χ1v) is 7.03. The number of aliphatic carboxylic acids is 1. The smallest absolute Gasteiger partial charge is 0.315 e. The zero-order valence-electron chi connectivity index (χ0n) is 10.7. The van der Waals surface area contributed by atoms with Gasteiger partial charge in [-0.05, 0) is 25.7 Å². The lowest BCUT2D eigenvalue weighted by atomic mass is 10.1. The van der Waals surface area contributed by atoms with Crippen LogP contribution in [-0.4, -0.2) is 28.1 Å². The summed E-state index contributed by atoms with van der Waals surface area (Å²) in [6.45, 7) is 2.33. The van der Waals surface area contributed by atoms with E-state index in [2.05, 4.69) is 15.6 Å². The first-order chi connectivity index (χ1) is 9.04. The van der Waals surface area contributed by atoms with Crippen molar-refractivity contribution in [2.75, 3.05) is 0 Å². The number of aromatic nitrogens is 1. The van der Waals surface area contributed by atoms with E-state index in [1.54, 1.807) is 6.20 Å². The molecule has 3 N–H and O–H groups in total. The highest BCUT2D eigenvalue weighted by Gasteiger charge is 2.33. The number of thiazole rings is 1. The van der Waals surface area contributed by atoms with Crippen molar-refractivity contribution in [1.29, 1.82) is 0 Å². The summed E-state index contributed by atoms with van der Waals surface area (Å²) in [5.74, 6) is -0.572. The predicted octanol–water partition coefficient (Wildman–Crippen LogP) is 1.50. The number of amides is 2. The lowest BCUT2D eigenvalue weighted by molar-refractivity contribution is -0.137. The summed E-state index contributed by atoms with van der Waals surface area (Å²) in [6.07, 6.45) is 3.72. The Morgan fingerprint density at radius 2 is 2.32 bits per heavy atom. The van der Waals surface area contributed by atoms with Gasteiger partial charge in [0.05, 0.1) is 13.0 Å². The molecule has 1 saturated carbocycles. The fourth-order valence-electron chi connectivity index (χ4n) is 1.88. The number of hydrogen-bond donors (Lipinski definition) is 3. The van der Waals surface area contributed by atoms with E-state index in [0.717, 1.165) is 22.7 Å². The maximum absolute atomic E-state index is 11.7. The monoisotopic (exact) mass is 283 g/mol. The minimum atomic E-state index is -0.882. The van der Waals surface area contributed by atoms with Gasteiger partial charge in [-0.2, -0.15) is 0 Å². The number of carbonyl (C=O) groups excluding carboxylic acids is 1. The summed E-state index contributed by atoms with van der Waals surface area (Å²) in [5.41, 5.74) is 0. The molecule has 1 atom stereocenters. The molecule has 1 aliphatic rings. The van der Waals surface area contributed by atoms with Gasteiger partial charge in [0.2, 0.25) is 0 Å². The molecule has 104 valence electrons. The topological polar surface area (TPSA) is 91.3 Å². The van der Waals surface area contributed by atoms with Gasteiger partial charge in [-0.25, -0.2) is 9.78 Å². The Morgan fingerprint density at radius 1 is 1.58 bits per heavy atom. The van der Waals surface area contributed by atoms with Crippen molar-refractivity contribution in [1.82, 2.24) is 15.6 Å². The second-order valence-electron chi connectivity index (χ2n) is 4.73. The molecule has 0 aromatic carbocycles. The fourth-order valence-corrected chi connectivity index (χ4v) is 2.61. The molecule has 6 nitrogen and oxygen atoms in total. The van der Waals surface area contributed by atoms with Crippen molar-refractivity contribution < 1.29 is 14.7 Å². The number of urea groups is 1. The maximum Gasteiger partial charge on any atom is 0.315 e. The molecule has 19 heavy (non-hydrogen) atoms. The molecular formula is C12H17N3O3S. The van der Waals surface area contributed by atoms with Crippen LogP contribution >= 0.6 is 11.3 Å². The summed E-state index contributed by atoms with van der Waals surface area (Å²) in [5, 5.41) is 15.1. The van der Waals surface area contributed by atoms with Crippen molar-refractivity contribution >= 4 is 23.3 Å². The first kappa shape index (κ1) is 13.8. The van der Waals surface area contributed by atoms with Crippen LogP contribution in [0.5, 0.6) is 0 Å². The number of nitrogens with one attached hydrogen (secondary N) is 2. The molecule has 1 aromatic heterocycles. The van der Waals surface area contributed by atoms with Crippen LogP contribution in [-0.2, 0) is 11.3 Å². The Bertz CT molecular complexity index is 471. The predicted molar refractivity (Wildman–Crippen MR) is 71.0 cm³/mol. The average molecular weight is 283 g/mol. The van der Waals surface area contributed by atoms with Gasteiger partial charge >= 0.3 is 12.0 Å². The van der Waals surface area contributed by atoms with Crippen LogP contribution in [0, 0.1) is 12.8 Å². The van der Waals surface area contributed by atoms with Crippen molar-refractivity contribution in [3.8, 4) is 0 Å². The van der Waals surface area contributed by atoms with E-state index in [1.807, 2.05) is 6.92 Å². The Morgan fingerprint density at radius 3 is 2.84 bits per heavy atom. The Kier molecular flexibility index (Phi) is 4.36. The van der Waals surface area contributed by atoms with Gasteiger partial charge in [-0.1, -0.05) is 0 Å². The van der Waals surface area contributed by atoms with E-state index in [4.69, 9.17) is 5.11 Å². The zero-order chi connectivity index (χ0) is 13.8. The molecule has 2 rings (SSSR count). The van der Waals surface area contributed by atoms with Gasteiger partial charge in [0, 0.05) is 17.1 Å². The van der Waals surface area contributed by atoms with Crippen LogP contribution in [0.15, 0.2) is 6.20 Å². The molecule has 1 fully saturated rings. The number of carboxylic acids is 1. The van der Waals surface area contributed by atoms with Crippen molar-refractivity contribution in [2.24, 2.45) is 5.92 Å².